The molecule has 0 spiro atoms. The molecule has 5 nitrogen and oxygen atoms in total. The van der Waals surface area contributed by atoms with Gasteiger partial charge in [-0.1, -0.05) is 12.1 Å². The summed E-state index contributed by atoms with van der Waals surface area (Å²) in [5.74, 6) is -3.46. The molecule has 8 heteroatoms. The summed E-state index contributed by atoms with van der Waals surface area (Å²) < 4.78 is 26.0. The largest absolute Gasteiger partial charge is 0.351 e. The van der Waals surface area contributed by atoms with Gasteiger partial charge in [-0.05, 0) is 17.7 Å². The van der Waals surface area contributed by atoms with E-state index in [2.05, 4.69) is 16.0 Å². The Hall–Kier alpha value is -1.73. The molecule has 1 fully saturated rings. The molecule has 0 saturated carbocycles. The summed E-state index contributed by atoms with van der Waals surface area (Å²) in [6.45, 7) is 1.15. The molecule has 1 heterocycles. The third-order valence-electron chi connectivity index (χ3n) is 3.14. The average molecular weight is 334 g/mol. The molecule has 1 atom stereocenters. The van der Waals surface area contributed by atoms with Gasteiger partial charge in [-0.15, -0.1) is 12.4 Å². The lowest BCUT2D eigenvalue weighted by Gasteiger charge is -2.12. The summed E-state index contributed by atoms with van der Waals surface area (Å²) >= 11 is 0. The molecule has 2 rings (SSSR count). The molecule has 3 N–H and O–H groups in total. The Balaban J connectivity index is 0.00000242. The van der Waals surface area contributed by atoms with Crippen LogP contribution in [0.4, 0.5) is 14.5 Å². The number of nitrogens with one attached hydrogen (secondary N) is 3. The highest BCUT2D eigenvalue weighted by atomic mass is 35.5. The van der Waals surface area contributed by atoms with Gasteiger partial charge in [0.25, 0.3) is 5.92 Å². The van der Waals surface area contributed by atoms with Gasteiger partial charge in [0.1, 0.15) is 0 Å². The van der Waals surface area contributed by atoms with Crippen LogP contribution in [0.1, 0.15) is 18.9 Å². The number of amides is 2. The molecule has 1 saturated heterocycles. The van der Waals surface area contributed by atoms with Gasteiger partial charge in [-0.25, -0.2) is 8.78 Å². The third-order valence-corrected chi connectivity index (χ3v) is 3.14. The summed E-state index contributed by atoms with van der Waals surface area (Å²) in [4.78, 5) is 22.8. The Kier molecular flexibility index (Phi) is 6.25. The van der Waals surface area contributed by atoms with Gasteiger partial charge in [-0.3, -0.25) is 14.9 Å². The van der Waals surface area contributed by atoms with Crippen LogP contribution in [0, 0.1) is 0 Å². The van der Waals surface area contributed by atoms with E-state index in [0.717, 1.165) is 5.56 Å². The van der Waals surface area contributed by atoms with Gasteiger partial charge < -0.3 is 10.6 Å². The lowest BCUT2D eigenvalue weighted by atomic mass is 10.1. The number of carbonyl (C=O) groups is 2. The van der Waals surface area contributed by atoms with Gasteiger partial charge in [0.15, 0.2) is 0 Å². The van der Waals surface area contributed by atoms with E-state index >= 15 is 0 Å². The molecule has 2 amide bonds. The molecule has 1 aromatic rings. The molecule has 0 bridgehead atoms. The first-order valence-corrected chi connectivity index (χ1v) is 6.61. The first-order valence-electron chi connectivity index (χ1n) is 6.61. The number of hydrogen-bond acceptors (Lipinski definition) is 3. The second kappa shape index (κ2) is 7.51. The summed E-state index contributed by atoms with van der Waals surface area (Å²) in [7, 11) is 0. The second-order valence-corrected chi connectivity index (χ2v) is 5.09. The summed E-state index contributed by atoms with van der Waals surface area (Å²) in [6, 6.07) is 6.11. The van der Waals surface area contributed by atoms with Gasteiger partial charge >= 0.3 is 0 Å². The van der Waals surface area contributed by atoms with Crippen LogP contribution >= 0.6 is 12.4 Å². The number of anilines is 1. The van der Waals surface area contributed by atoms with Crippen molar-refractivity contribution in [3.63, 3.8) is 0 Å². The van der Waals surface area contributed by atoms with E-state index < -0.39 is 30.8 Å². The predicted octanol–water partition coefficient (Wildman–Crippen LogP) is 1.68. The van der Waals surface area contributed by atoms with Crippen LogP contribution in [0.2, 0.25) is 0 Å². The van der Waals surface area contributed by atoms with E-state index in [1.165, 1.54) is 6.92 Å². The molecular weight excluding hydrogens is 316 g/mol. The van der Waals surface area contributed by atoms with Crippen molar-refractivity contribution < 1.29 is 18.4 Å². The van der Waals surface area contributed by atoms with Crippen LogP contribution < -0.4 is 16.0 Å². The number of halogens is 3. The topological polar surface area (TPSA) is 70.2 Å². The molecule has 1 aliphatic rings. The molecule has 122 valence electrons. The monoisotopic (exact) mass is 333 g/mol. The number of hydrogen-bond donors (Lipinski definition) is 3. The van der Waals surface area contributed by atoms with Crippen LogP contribution in [-0.4, -0.2) is 30.3 Å². The molecular formula is C14H18ClF2N3O2. The van der Waals surface area contributed by atoms with Crippen LogP contribution in [0.15, 0.2) is 24.3 Å². The maximum atomic E-state index is 13.0. The zero-order valence-corrected chi connectivity index (χ0v) is 12.8. The van der Waals surface area contributed by atoms with Crippen LogP contribution in [0.5, 0.6) is 0 Å². The predicted molar refractivity (Wildman–Crippen MR) is 81.2 cm³/mol. The lowest BCUT2D eigenvalue weighted by molar-refractivity contribution is -0.123. The van der Waals surface area contributed by atoms with Gasteiger partial charge in [0.2, 0.25) is 11.8 Å². The molecule has 1 aromatic carbocycles. The van der Waals surface area contributed by atoms with Gasteiger partial charge in [0.05, 0.1) is 12.6 Å². The van der Waals surface area contributed by atoms with E-state index in [0.29, 0.717) is 5.69 Å². The minimum atomic E-state index is -2.83. The quantitative estimate of drug-likeness (QED) is 0.785. The molecule has 1 unspecified atom stereocenters. The fourth-order valence-electron chi connectivity index (χ4n) is 2.18. The Morgan fingerprint density at radius 1 is 1.41 bits per heavy atom. The normalized spacial score (nSPS) is 19.1. The first-order chi connectivity index (χ1) is 9.85. The molecule has 22 heavy (non-hydrogen) atoms. The highest BCUT2D eigenvalue weighted by molar-refractivity contribution is 5.88. The Labute approximate surface area is 133 Å². The van der Waals surface area contributed by atoms with Crippen molar-refractivity contribution in [2.45, 2.75) is 31.9 Å². The van der Waals surface area contributed by atoms with Crippen molar-refractivity contribution in [2.75, 3.05) is 11.9 Å². The van der Waals surface area contributed by atoms with Crippen molar-refractivity contribution in [3.8, 4) is 0 Å². The standard InChI is InChI=1S/C14H17F2N3O2.ClH/c1-9(20)19-11-4-2-3-10(5-11)7-17-13(21)12-6-14(15,16)8-18-12;/h2-5,12,18H,6-8H2,1H3,(H,17,21)(H,19,20);1H. The first kappa shape index (κ1) is 18.3. The van der Waals surface area contributed by atoms with E-state index in [1.54, 1.807) is 24.3 Å². The summed E-state index contributed by atoms with van der Waals surface area (Å²) in [6.07, 6.45) is -0.481. The van der Waals surface area contributed by atoms with E-state index in [9.17, 15) is 18.4 Å². The number of alkyl halides is 2. The molecule has 1 aliphatic heterocycles. The smallest absolute Gasteiger partial charge is 0.262 e. The Bertz CT molecular complexity index is 555. The molecule has 0 aromatic heterocycles. The van der Waals surface area contributed by atoms with Crippen molar-refractivity contribution in [3.05, 3.63) is 29.8 Å². The second-order valence-electron chi connectivity index (χ2n) is 5.09. The molecule has 0 aliphatic carbocycles. The Morgan fingerprint density at radius 2 is 2.14 bits per heavy atom. The van der Waals surface area contributed by atoms with Gasteiger partial charge in [-0.2, -0.15) is 0 Å². The summed E-state index contributed by atoms with van der Waals surface area (Å²) in [5, 5.41) is 7.75. The van der Waals surface area contributed by atoms with Crippen LogP contribution in [0.3, 0.4) is 0 Å². The van der Waals surface area contributed by atoms with Crippen molar-refractivity contribution >= 4 is 29.9 Å². The fourth-order valence-corrected chi connectivity index (χ4v) is 2.18. The minimum Gasteiger partial charge on any atom is -0.351 e. The maximum Gasteiger partial charge on any atom is 0.262 e. The van der Waals surface area contributed by atoms with Crippen molar-refractivity contribution in [2.24, 2.45) is 0 Å². The maximum absolute atomic E-state index is 13.0. The van der Waals surface area contributed by atoms with Crippen LogP contribution in [0.25, 0.3) is 0 Å². The fraction of sp³-hybridized carbons (Fsp3) is 0.429. The summed E-state index contributed by atoms with van der Waals surface area (Å²) in [5.41, 5.74) is 1.40. The number of rotatable bonds is 4. The zero-order valence-electron chi connectivity index (χ0n) is 12.0. The van der Waals surface area contributed by atoms with E-state index in [4.69, 9.17) is 0 Å². The highest BCUT2D eigenvalue weighted by Gasteiger charge is 2.42. The third kappa shape index (κ3) is 5.23. The average Bonchev–Trinajstić information content (AvgIpc) is 2.76. The van der Waals surface area contributed by atoms with Crippen LogP contribution in [-0.2, 0) is 16.1 Å². The highest BCUT2D eigenvalue weighted by Crippen LogP contribution is 2.25. The van der Waals surface area contributed by atoms with E-state index in [1.807, 2.05) is 0 Å². The molecule has 0 radical (unpaired) electrons. The van der Waals surface area contributed by atoms with Crippen molar-refractivity contribution in [1.82, 2.24) is 10.6 Å². The number of benzene rings is 1. The zero-order chi connectivity index (χ0) is 15.5. The Morgan fingerprint density at radius 3 is 2.73 bits per heavy atom. The SMILES string of the molecule is CC(=O)Nc1cccc(CNC(=O)C2CC(F)(F)CN2)c1.Cl. The van der Waals surface area contributed by atoms with E-state index in [-0.39, 0.29) is 24.9 Å². The van der Waals surface area contributed by atoms with Gasteiger partial charge in [0, 0.05) is 25.6 Å². The minimum absolute atomic E-state index is 0. The number of carbonyl (C=O) groups excluding carboxylic acids is 2. The van der Waals surface area contributed by atoms with Crippen molar-refractivity contribution in [1.29, 1.82) is 0 Å². The lowest BCUT2D eigenvalue weighted by Crippen LogP contribution is -2.40.